The van der Waals surface area contributed by atoms with Gasteiger partial charge in [0.2, 0.25) is 5.91 Å². The van der Waals surface area contributed by atoms with Gasteiger partial charge in [-0.2, -0.15) is 0 Å². The summed E-state index contributed by atoms with van der Waals surface area (Å²) in [5.74, 6) is -1.26. The second-order valence-electron chi connectivity index (χ2n) is 9.96. The lowest BCUT2D eigenvalue weighted by atomic mass is 9.98. The van der Waals surface area contributed by atoms with Crippen LogP contribution >= 0.6 is 0 Å². The Morgan fingerprint density at radius 1 is 1.03 bits per heavy atom. The lowest BCUT2D eigenvalue weighted by molar-refractivity contribution is -0.139. The lowest BCUT2D eigenvalue weighted by Crippen LogP contribution is -2.52. The van der Waals surface area contributed by atoms with E-state index in [9.17, 15) is 19.5 Å². The van der Waals surface area contributed by atoms with Crippen molar-refractivity contribution in [2.75, 3.05) is 19.7 Å². The predicted molar refractivity (Wildman–Crippen MR) is 126 cm³/mol. The van der Waals surface area contributed by atoms with Crippen LogP contribution in [0.25, 0.3) is 11.1 Å². The Hall–Kier alpha value is -3.35. The summed E-state index contributed by atoms with van der Waals surface area (Å²) in [6.07, 6.45) is 0.0852. The third-order valence-corrected chi connectivity index (χ3v) is 7.64. The molecule has 2 fully saturated rings. The predicted octanol–water partition coefficient (Wildman–Crippen LogP) is 3.73. The Balaban J connectivity index is 1.22. The Morgan fingerprint density at radius 3 is 2.24 bits per heavy atom. The molecule has 1 heterocycles. The molecule has 0 aromatic heterocycles. The number of alkyl carbamates (subject to hydrolysis) is 1. The van der Waals surface area contributed by atoms with Crippen LogP contribution in [0.1, 0.15) is 37.3 Å². The molecule has 178 valence electrons. The molecule has 2 aromatic carbocycles. The molecular formula is C27H30N2O5. The lowest BCUT2D eigenvalue weighted by Gasteiger charge is -2.32. The van der Waals surface area contributed by atoms with Crippen LogP contribution in [0, 0.1) is 23.7 Å². The molecule has 5 rings (SSSR count). The molecule has 7 heteroatoms. The first kappa shape index (κ1) is 22.4. The van der Waals surface area contributed by atoms with Crippen LogP contribution in [0.2, 0.25) is 0 Å². The largest absolute Gasteiger partial charge is 0.481 e. The highest BCUT2D eigenvalue weighted by molar-refractivity contribution is 5.86. The molecule has 7 nitrogen and oxygen atoms in total. The summed E-state index contributed by atoms with van der Waals surface area (Å²) in [7, 11) is 0. The number of likely N-dealkylation sites (tertiary alicyclic amines) is 1. The van der Waals surface area contributed by atoms with E-state index in [1.54, 1.807) is 4.90 Å². The van der Waals surface area contributed by atoms with Gasteiger partial charge in [0.25, 0.3) is 0 Å². The SMILES string of the molecule is CC(C)C(NC(=O)OCC1c2ccccc2-c2ccccc21)C(=O)N1CC[C@H]2C(C(=O)O)[C@H]2C1. The summed E-state index contributed by atoms with van der Waals surface area (Å²) >= 11 is 0. The molecule has 2 unspecified atom stereocenters. The molecule has 0 radical (unpaired) electrons. The van der Waals surface area contributed by atoms with Crippen LogP contribution in [-0.4, -0.2) is 53.7 Å². The van der Waals surface area contributed by atoms with Crippen LogP contribution in [0.3, 0.4) is 0 Å². The minimum Gasteiger partial charge on any atom is -0.481 e. The zero-order valence-corrected chi connectivity index (χ0v) is 19.4. The fourth-order valence-electron chi connectivity index (χ4n) is 5.78. The minimum atomic E-state index is -0.776. The molecule has 0 bridgehead atoms. The van der Waals surface area contributed by atoms with E-state index in [0.717, 1.165) is 22.3 Å². The first-order valence-electron chi connectivity index (χ1n) is 12.0. The van der Waals surface area contributed by atoms with Crippen molar-refractivity contribution in [3.05, 3.63) is 59.7 Å². The number of hydrogen-bond acceptors (Lipinski definition) is 4. The van der Waals surface area contributed by atoms with Crippen LogP contribution in [0.5, 0.6) is 0 Å². The maximum atomic E-state index is 13.2. The van der Waals surface area contributed by atoms with E-state index >= 15 is 0 Å². The Labute approximate surface area is 199 Å². The van der Waals surface area contributed by atoms with Crippen molar-refractivity contribution < 1.29 is 24.2 Å². The molecule has 1 aliphatic heterocycles. The van der Waals surface area contributed by atoms with Gasteiger partial charge >= 0.3 is 12.1 Å². The van der Waals surface area contributed by atoms with Crippen molar-refractivity contribution in [1.29, 1.82) is 0 Å². The first-order chi connectivity index (χ1) is 16.4. The fourth-order valence-corrected chi connectivity index (χ4v) is 5.78. The van der Waals surface area contributed by atoms with Gasteiger partial charge in [-0.15, -0.1) is 0 Å². The fraction of sp³-hybridized carbons (Fsp3) is 0.444. The number of aliphatic carboxylic acids is 1. The Bertz CT molecular complexity index is 1080. The number of nitrogens with one attached hydrogen (secondary N) is 1. The minimum absolute atomic E-state index is 0.0254. The number of benzene rings is 2. The Kier molecular flexibility index (Phi) is 5.80. The number of piperidine rings is 1. The first-order valence-corrected chi connectivity index (χ1v) is 12.0. The second kappa shape index (κ2) is 8.78. The normalized spacial score (nSPS) is 23.5. The van der Waals surface area contributed by atoms with Gasteiger partial charge in [-0.1, -0.05) is 62.4 Å². The van der Waals surface area contributed by atoms with Crippen molar-refractivity contribution >= 4 is 18.0 Å². The van der Waals surface area contributed by atoms with E-state index in [-0.39, 0.29) is 42.1 Å². The topological polar surface area (TPSA) is 95.9 Å². The molecule has 1 saturated heterocycles. The van der Waals surface area contributed by atoms with Crippen LogP contribution in [0.15, 0.2) is 48.5 Å². The zero-order chi connectivity index (χ0) is 24.0. The van der Waals surface area contributed by atoms with Crippen molar-refractivity contribution in [1.82, 2.24) is 10.2 Å². The Morgan fingerprint density at radius 2 is 1.65 bits per heavy atom. The third-order valence-electron chi connectivity index (χ3n) is 7.64. The number of hydrogen-bond donors (Lipinski definition) is 2. The molecule has 34 heavy (non-hydrogen) atoms. The molecule has 2 aromatic rings. The molecule has 4 atom stereocenters. The smallest absolute Gasteiger partial charge is 0.407 e. The van der Waals surface area contributed by atoms with Gasteiger partial charge in [0.1, 0.15) is 12.6 Å². The van der Waals surface area contributed by atoms with Crippen molar-refractivity contribution in [2.45, 2.75) is 32.2 Å². The number of carbonyl (C=O) groups is 3. The molecule has 3 aliphatic rings. The zero-order valence-electron chi connectivity index (χ0n) is 19.4. The van der Waals surface area contributed by atoms with E-state index in [2.05, 4.69) is 29.6 Å². The van der Waals surface area contributed by atoms with Gasteiger partial charge in [0, 0.05) is 19.0 Å². The van der Waals surface area contributed by atoms with Gasteiger partial charge in [-0.25, -0.2) is 4.79 Å². The standard InChI is InChI=1S/C27H30N2O5/c1-15(2)24(25(30)29-12-11-20-21(13-29)23(20)26(31)32)28-27(33)34-14-22-18-9-5-3-7-16(18)17-8-4-6-10-19(17)22/h3-10,15,20-24H,11-14H2,1-2H3,(H,28,33)(H,31,32)/t20-,21+,23?,24?/m1/s1. The summed E-state index contributed by atoms with van der Waals surface area (Å²) in [6, 6.07) is 15.6. The average molecular weight is 463 g/mol. The summed E-state index contributed by atoms with van der Waals surface area (Å²) < 4.78 is 5.64. The van der Waals surface area contributed by atoms with Crippen molar-refractivity contribution in [2.24, 2.45) is 23.7 Å². The number of carboxylic acids is 1. The molecule has 0 spiro atoms. The van der Waals surface area contributed by atoms with Crippen LogP contribution < -0.4 is 5.32 Å². The number of nitrogens with zero attached hydrogens (tertiary/aromatic N) is 1. The summed E-state index contributed by atoms with van der Waals surface area (Å²) in [5, 5.41) is 12.1. The monoisotopic (exact) mass is 462 g/mol. The third kappa shape index (κ3) is 3.93. The number of rotatable bonds is 6. The van der Waals surface area contributed by atoms with E-state index in [4.69, 9.17) is 4.74 Å². The van der Waals surface area contributed by atoms with Crippen molar-refractivity contribution in [3.63, 3.8) is 0 Å². The number of carbonyl (C=O) groups excluding carboxylic acids is 2. The molecular weight excluding hydrogens is 432 g/mol. The van der Waals surface area contributed by atoms with E-state index in [1.807, 2.05) is 38.1 Å². The molecule has 2 aliphatic carbocycles. The summed E-state index contributed by atoms with van der Waals surface area (Å²) in [4.78, 5) is 39.0. The molecule has 2 N–H and O–H groups in total. The highest BCUT2D eigenvalue weighted by Crippen LogP contribution is 2.51. The van der Waals surface area contributed by atoms with Gasteiger partial charge in [-0.3, -0.25) is 9.59 Å². The second-order valence-corrected chi connectivity index (χ2v) is 9.96. The van der Waals surface area contributed by atoms with Gasteiger partial charge in [0.15, 0.2) is 0 Å². The highest BCUT2D eigenvalue weighted by Gasteiger charge is 2.57. The van der Waals surface area contributed by atoms with E-state index in [0.29, 0.717) is 19.5 Å². The van der Waals surface area contributed by atoms with Gasteiger partial charge in [0.05, 0.1) is 5.92 Å². The molecule has 2 amide bonds. The maximum Gasteiger partial charge on any atom is 0.407 e. The van der Waals surface area contributed by atoms with Crippen LogP contribution in [0.4, 0.5) is 4.79 Å². The number of fused-ring (bicyclic) bond motifs is 4. The summed E-state index contributed by atoms with van der Waals surface area (Å²) in [6.45, 7) is 4.93. The van der Waals surface area contributed by atoms with E-state index in [1.165, 1.54) is 0 Å². The van der Waals surface area contributed by atoms with Crippen molar-refractivity contribution in [3.8, 4) is 11.1 Å². The molecule has 1 saturated carbocycles. The summed E-state index contributed by atoms with van der Waals surface area (Å²) in [5.41, 5.74) is 4.58. The quantitative estimate of drug-likeness (QED) is 0.682. The number of amides is 2. The number of ether oxygens (including phenoxy) is 1. The number of carboxylic acid groups (broad SMARTS) is 1. The average Bonchev–Trinajstić information content (AvgIpc) is 3.48. The van der Waals surface area contributed by atoms with E-state index < -0.39 is 18.1 Å². The highest BCUT2D eigenvalue weighted by atomic mass is 16.5. The maximum absolute atomic E-state index is 13.2. The van der Waals surface area contributed by atoms with Gasteiger partial charge in [-0.05, 0) is 46.4 Å². The van der Waals surface area contributed by atoms with Gasteiger partial charge < -0.3 is 20.1 Å². The van der Waals surface area contributed by atoms with Crippen LogP contribution in [-0.2, 0) is 14.3 Å².